The first kappa shape index (κ1) is 10.0. The van der Waals surface area contributed by atoms with E-state index in [0.717, 1.165) is 5.69 Å². The average molecular weight is 224 g/mol. The predicted molar refractivity (Wildman–Crippen MR) is 59.0 cm³/mol. The van der Waals surface area contributed by atoms with Gasteiger partial charge in [-0.25, -0.2) is 0 Å². The molecule has 0 spiro atoms. The lowest BCUT2D eigenvalue weighted by Crippen LogP contribution is -2.52. The van der Waals surface area contributed by atoms with Gasteiger partial charge in [-0.15, -0.1) is 0 Å². The van der Waals surface area contributed by atoms with Crippen LogP contribution in [0.3, 0.4) is 0 Å². The second kappa shape index (κ2) is 3.92. The monoisotopic (exact) mass is 223 g/mol. The number of anilines is 1. The molecule has 1 aromatic rings. The number of hydrogen-bond donors (Lipinski definition) is 2. The molecule has 1 heterocycles. The summed E-state index contributed by atoms with van der Waals surface area (Å²) in [6.45, 7) is 0. The molecule has 0 radical (unpaired) electrons. The van der Waals surface area contributed by atoms with Crippen molar-refractivity contribution in [2.75, 3.05) is 5.01 Å². The third kappa shape index (κ3) is 1.95. The van der Waals surface area contributed by atoms with Gasteiger partial charge in [0.15, 0.2) is 0 Å². The number of nitrogens with two attached hydrogens (primary N) is 1. The van der Waals surface area contributed by atoms with Crippen molar-refractivity contribution < 1.29 is 4.79 Å². The lowest BCUT2D eigenvalue weighted by Gasteiger charge is -2.28. The van der Waals surface area contributed by atoms with Gasteiger partial charge in [-0.1, -0.05) is 29.8 Å². The normalized spacial score (nSPS) is 20.9. The Kier molecular flexibility index (Phi) is 2.62. The smallest absolute Gasteiger partial charge is 0.261 e. The SMILES string of the molecule is NC1C(=O)NN(c2ccccc2)C=C1Cl. The maximum absolute atomic E-state index is 11.4. The van der Waals surface area contributed by atoms with Gasteiger partial charge < -0.3 is 5.73 Å². The van der Waals surface area contributed by atoms with Gasteiger partial charge in [0.1, 0.15) is 6.04 Å². The van der Waals surface area contributed by atoms with Crippen molar-refractivity contribution in [1.82, 2.24) is 5.43 Å². The largest absolute Gasteiger partial charge is 0.315 e. The van der Waals surface area contributed by atoms with Crippen molar-refractivity contribution in [1.29, 1.82) is 0 Å². The van der Waals surface area contributed by atoms with E-state index >= 15 is 0 Å². The van der Waals surface area contributed by atoms with Crippen molar-refractivity contribution in [3.63, 3.8) is 0 Å². The van der Waals surface area contributed by atoms with Crippen LogP contribution in [0.15, 0.2) is 41.6 Å². The zero-order chi connectivity index (χ0) is 10.8. The number of halogens is 1. The molecule has 0 saturated heterocycles. The van der Waals surface area contributed by atoms with Gasteiger partial charge in [-0.3, -0.25) is 15.2 Å². The second-order valence-corrected chi connectivity index (χ2v) is 3.61. The predicted octanol–water partition coefficient (Wildman–Crippen LogP) is 0.945. The maximum atomic E-state index is 11.4. The van der Waals surface area contributed by atoms with Crippen LogP contribution in [0.1, 0.15) is 0 Å². The quantitative estimate of drug-likeness (QED) is 0.745. The van der Waals surface area contributed by atoms with E-state index in [-0.39, 0.29) is 5.91 Å². The minimum atomic E-state index is -0.772. The number of nitrogens with zero attached hydrogens (tertiary/aromatic N) is 1. The Labute approximate surface area is 92.3 Å². The Bertz CT molecular complexity index is 404. The zero-order valence-corrected chi connectivity index (χ0v) is 8.61. The van der Waals surface area contributed by atoms with Crippen LogP contribution in [0.25, 0.3) is 0 Å². The van der Waals surface area contributed by atoms with Crippen molar-refractivity contribution in [2.45, 2.75) is 6.04 Å². The topological polar surface area (TPSA) is 58.4 Å². The minimum Gasteiger partial charge on any atom is -0.315 e. The summed E-state index contributed by atoms with van der Waals surface area (Å²) in [5.74, 6) is -0.314. The van der Waals surface area contributed by atoms with E-state index in [2.05, 4.69) is 5.43 Å². The van der Waals surface area contributed by atoms with Gasteiger partial charge in [0.2, 0.25) is 0 Å². The molecule has 1 amide bonds. The number of hydrogen-bond acceptors (Lipinski definition) is 3. The van der Waals surface area contributed by atoms with E-state index in [1.807, 2.05) is 30.3 Å². The molecule has 1 unspecified atom stereocenters. The molecule has 3 N–H and O–H groups in total. The Balaban J connectivity index is 2.30. The van der Waals surface area contributed by atoms with Crippen LogP contribution in [-0.2, 0) is 4.79 Å². The van der Waals surface area contributed by atoms with E-state index in [4.69, 9.17) is 17.3 Å². The summed E-state index contributed by atoms with van der Waals surface area (Å²) in [7, 11) is 0. The molecule has 2 rings (SSSR count). The molecular weight excluding hydrogens is 214 g/mol. The van der Waals surface area contributed by atoms with Gasteiger partial charge >= 0.3 is 0 Å². The number of rotatable bonds is 1. The van der Waals surface area contributed by atoms with E-state index in [9.17, 15) is 4.79 Å². The number of hydrazine groups is 1. The highest BCUT2D eigenvalue weighted by atomic mass is 35.5. The van der Waals surface area contributed by atoms with E-state index < -0.39 is 6.04 Å². The van der Waals surface area contributed by atoms with Crippen LogP contribution >= 0.6 is 11.6 Å². The van der Waals surface area contributed by atoms with Crippen LogP contribution in [0.4, 0.5) is 5.69 Å². The summed E-state index contributed by atoms with van der Waals surface area (Å²) in [6.07, 6.45) is 1.60. The molecule has 4 nitrogen and oxygen atoms in total. The lowest BCUT2D eigenvalue weighted by atomic mass is 10.2. The number of para-hydroxylation sites is 1. The summed E-state index contributed by atoms with van der Waals surface area (Å²) < 4.78 is 0. The first-order valence-electron chi connectivity index (χ1n) is 4.46. The highest BCUT2D eigenvalue weighted by Crippen LogP contribution is 2.18. The van der Waals surface area contributed by atoms with Crippen molar-refractivity contribution in [3.05, 3.63) is 41.6 Å². The third-order valence-corrected chi connectivity index (χ3v) is 2.43. The average Bonchev–Trinajstić information content (AvgIpc) is 2.26. The Morgan fingerprint density at radius 3 is 2.60 bits per heavy atom. The molecule has 15 heavy (non-hydrogen) atoms. The molecular formula is C10H10ClN3O. The van der Waals surface area contributed by atoms with Crippen LogP contribution < -0.4 is 16.2 Å². The molecule has 78 valence electrons. The molecule has 1 aliphatic rings. The molecule has 1 aromatic carbocycles. The van der Waals surface area contributed by atoms with E-state index in [0.29, 0.717) is 5.03 Å². The van der Waals surface area contributed by atoms with Crippen LogP contribution in [0.5, 0.6) is 0 Å². The highest BCUT2D eigenvalue weighted by molar-refractivity contribution is 6.32. The molecule has 5 heteroatoms. The number of nitrogens with one attached hydrogen (secondary N) is 1. The zero-order valence-electron chi connectivity index (χ0n) is 7.85. The summed E-state index contributed by atoms with van der Waals surface area (Å²) in [6, 6.07) is 8.59. The summed E-state index contributed by atoms with van der Waals surface area (Å²) >= 11 is 5.84. The van der Waals surface area contributed by atoms with Crippen molar-refractivity contribution in [2.24, 2.45) is 5.73 Å². The van der Waals surface area contributed by atoms with Gasteiger partial charge in [0.25, 0.3) is 5.91 Å². The first-order valence-corrected chi connectivity index (χ1v) is 4.84. The Hall–Kier alpha value is -1.52. The molecule has 1 aliphatic heterocycles. The van der Waals surface area contributed by atoms with Gasteiger partial charge in [0.05, 0.1) is 10.7 Å². The van der Waals surface area contributed by atoms with Gasteiger partial charge in [-0.2, -0.15) is 0 Å². The lowest BCUT2D eigenvalue weighted by molar-refractivity contribution is -0.121. The van der Waals surface area contributed by atoms with Crippen molar-refractivity contribution >= 4 is 23.2 Å². The number of carbonyl (C=O) groups excluding carboxylic acids is 1. The van der Waals surface area contributed by atoms with Crippen LogP contribution in [0, 0.1) is 0 Å². The maximum Gasteiger partial charge on any atom is 0.261 e. The molecule has 0 aromatic heterocycles. The van der Waals surface area contributed by atoms with E-state index in [1.54, 1.807) is 11.2 Å². The summed E-state index contributed by atoms with van der Waals surface area (Å²) in [5.41, 5.74) is 8.97. The molecule has 0 saturated carbocycles. The number of benzene rings is 1. The number of carbonyl (C=O) groups is 1. The Morgan fingerprint density at radius 1 is 1.33 bits per heavy atom. The van der Waals surface area contributed by atoms with Gasteiger partial charge in [0, 0.05) is 6.20 Å². The molecule has 0 bridgehead atoms. The van der Waals surface area contributed by atoms with E-state index in [1.165, 1.54) is 0 Å². The first-order chi connectivity index (χ1) is 7.18. The molecule has 0 fully saturated rings. The standard InChI is InChI=1S/C10H10ClN3O/c11-8-6-14(13-10(15)9(8)12)7-4-2-1-3-5-7/h1-6,9H,12H2,(H,13,15). The second-order valence-electron chi connectivity index (χ2n) is 3.17. The fourth-order valence-corrected chi connectivity index (χ4v) is 1.47. The highest BCUT2D eigenvalue weighted by Gasteiger charge is 2.24. The molecule has 0 aliphatic carbocycles. The van der Waals surface area contributed by atoms with Crippen LogP contribution in [-0.4, -0.2) is 11.9 Å². The summed E-state index contributed by atoms with van der Waals surface area (Å²) in [5, 5.41) is 1.87. The fraction of sp³-hybridized carbons (Fsp3) is 0.100. The minimum absolute atomic E-state index is 0.314. The van der Waals surface area contributed by atoms with Crippen molar-refractivity contribution in [3.8, 4) is 0 Å². The Morgan fingerprint density at radius 2 is 2.00 bits per heavy atom. The number of amides is 1. The third-order valence-electron chi connectivity index (χ3n) is 2.10. The summed E-state index contributed by atoms with van der Waals surface area (Å²) in [4.78, 5) is 11.4. The fourth-order valence-electron chi connectivity index (χ4n) is 1.28. The van der Waals surface area contributed by atoms with Crippen LogP contribution in [0.2, 0.25) is 0 Å². The van der Waals surface area contributed by atoms with Gasteiger partial charge in [-0.05, 0) is 12.1 Å². The molecule has 1 atom stereocenters.